The number of benzene rings is 1. The van der Waals surface area contributed by atoms with Gasteiger partial charge >= 0.3 is 0 Å². The summed E-state index contributed by atoms with van der Waals surface area (Å²) in [6.45, 7) is 6.86. The Balaban J connectivity index is 3.15. The maximum Gasteiger partial charge on any atom is 0.0375 e. The van der Waals surface area contributed by atoms with Crippen LogP contribution in [-0.4, -0.2) is 7.05 Å². The van der Waals surface area contributed by atoms with Crippen LogP contribution in [0.2, 0.25) is 0 Å². The van der Waals surface area contributed by atoms with Crippen LogP contribution in [0.1, 0.15) is 39.2 Å². The average Bonchev–Trinajstić information content (AvgIpc) is 2.28. The number of hydrogen-bond acceptors (Lipinski definition) is 1. The molecule has 1 rings (SSSR count). The molecule has 1 N–H and O–H groups in total. The highest BCUT2D eigenvalue weighted by Crippen LogP contribution is 2.35. The van der Waals surface area contributed by atoms with Gasteiger partial charge in [0.15, 0.2) is 0 Å². The normalized spacial score (nSPS) is 11.4. The molecule has 0 heterocycles. The monoisotopic (exact) mass is 191 g/mol. The van der Waals surface area contributed by atoms with Crippen LogP contribution in [0.5, 0.6) is 0 Å². The maximum atomic E-state index is 3.27. The van der Waals surface area contributed by atoms with Gasteiger partial charge in [0.25, 0.3) is 0 Å². The third-order valence-electron chi connectivity index (χ3n) is 3.41. The number of para-hydroxylation sites is 1. The molecule has 14 heavy (non-hydrogen) atoms. The van der Waals surface area contributed by atoms with Crippen LogP contribution in [0.4, 0.5) is 5.69 Å². The van der Waals surface area contributed by atoms with Crippen molar-refractivity contribution in [2.75, 3.05) is 12.4 Å². The number of rotatable bonds is 4. The quantitative estimate of drug-likeness (QED) is 0.763. The highest BCUT2D eigenvalue weighted by molar-refractivity contribution is 5.53. The Bertz CT molecular complexity index is 287. The highest BCUT2D eigenvalue weighted by Gasteiger charge is 2.24. The summed E-state index contributed by atoms with van der Waals surface area (Å²) < 4.78 is 0. The van der Waals surface area contributed by atoms with Crippen molar-refractivity contribution >= 4 is 5.69 Å². The first-order chi connectivity index (χ1) is 6.68. The molecule has 0 amide bonds. The van der Waals surface area contributed by atoms with E-state index in [9.17, 15) is 0 Å². The fourth-order valence-electron chi connectivity index (χ4n) is 1.86. The molecule has 0 unspecified atom stereocenters. The van der Waals surface area contributed by atoms with Crippen molar-refractivity contribution in [1.29, 1.82) is 0 Å². The summed E-state index contributed by atoms with van der Waals surface area (Å²) in [4.78, 5) is 0. The van der Waals surface area contributed by atoms with Crippen LogP contribution in [0.15, 0.2) is 24.3 Å². The van der Waals surface area contributed by atoms with Gasteiger partial charge in [0.2, 0.25) is 0 Å². The van der Waals surface area contributed by atoms with Gasteiger partial charge in [-0.05, 0) is 29.9 Å². The number of nitrogens with one attached hydrogen (secondary N) is 1. The van der Waals surface area contributed by atoms with Gasteiger partial charge in [0.05, 0.1) is 0 Å². The van der Waals surface area contributed by atoms with Gasteiger partial charge < -0.3 is 5.32 Å². The molecule has 0 aliphatic rings. The zero-order valence-corrected chi connectivity index (χ0v) is 9.72. The molecule has 0 fully saturated rings. The Morgan fingerprint density at radius 2 is 1.71 bits per heavy atom. The second-order valence-corrected chi connectivity index (χ2v) is 4.06. The molecule has 0 radical (unpaired) electrons. The maximum absolute atomic E-state index is 3.27. The van der Waals surface area contributed by atoms with Crippen molar-refractivity contribution in [3.05, 3.63) is 29.8 Å². The van der Waals surface area contributed by atoms with Crippen molar-refractivity contribution in [3.8, 4) is 0 Å². The highest BCUT2D eigenvalue weighted by atomic mass is 14.8. The Morgan fingerprint density at radius 1 is 1.14 bits per heavy atom. The summed E-state index contributed by atoms with van der Waals surface area (Å²) in [5.74, 6) is 0. The summed E-state index contributed by atoms with van der Waals surface area (Å²) in [5, 5.41) is 3.27. The van der Waals surface area contributed by atoms with E-state index in [1.165, 1.54) is 24.1 Å². The predicted molar refractivity (Wildman–Crippen MR) is 63.9 cm³/mol. The summed E-state index contributed by atoms with van der Waals surface area (Å²) in [6.07, 6.45) is 2.37. The van der Waals surface area contributed by atoms with E-state index in [0.717, 1.165) is 0 Å². The van der Waals surface area contributed by atoms with Gasteiger partial charge in [0.1, 0.15) is 0 Å². The molecule has 0 saturated heterocycles. The molecule has 0 bridgehead atoms. The van der Waals surface area contributed by atoms with Crippen molar-refractivity contribution in [2.45, 2.75) is 39.0 Å². The van der Waals surface area contributed by atoms with Crippen molar-refractivity contribution < 1.29 is 0 Å². The molecule has 0 spiro atoms. The minimum Gasteiger partial charge on any atom is -0.388 e. The SMILES string of the molecule is CCC(C)(CC)c1ccccc1NC. The van der Waals surface area contributed by atoms with E-state index >= 15 is 0 Å². The lowest BCUT2D eigenvalue weighted by Crippen LogP contribution is -2.20. The summed E-state index contributed by atoms with van der Waals surface area (Å²) >= 11 is 0. The molecule has 0 saturated carbocycles. The molecule has 0 aliphatic heterocycles. The molecule has 1 aromatic rings. The van der Waals surface area contributed by atoms with Crippen molar-refractivity contribution in [1.82, 2.24) is 0 Å². The molecule has 1 nitrogen and oxygen atoms in total. The lowest BCUT2D eigenvalue weighted by molar-refractivity contribution is 0.440. The number of anilines is 1. The molecular weight excluding hydrogens is 170 g/mol. The Labute approximate surface area is 87.5 Å². The summed E-state index contributed by atoms with van der Waals surface area (Å²) in [6, 6.07) is 8.60. The number of hydrogen-bond donors (Lipinski definition) is 1. The van der Waals surface area contributed by atoms with Gasteiger partial charge in [-0.1, -0.05) is 39.0 Å². The van der Waals surface area contributed by atoms with E-state index in [-0.39, 0.29) is 0 Å². The fraction of sp³-hybridized carbons (Fsp3) is 0.538. The molecule has 1 aromatic carbocycles. The average molecular weight is 191 g/mol. The van der Waals surface area contributed by atoms with Crippen LogP contribution >= 0.6 is 0 Å². The predicted octanol–water partition coefficient (Wildman–Crippen LogP) is 3.81. The first kappa shape index (κ1) is 11.1. The molecule has 78 valence electrons. The molecule has 0 aliphatic carbocycles. The van der Waals surface area contributed by atoms with E-state index in [0.29, 0.717) is 5.41 Å². The Kier molecular flexibility index (Phi) is 3.56. The largest absolute Gasteiger partial charge is 0.388 e. The first-order valence-electron chi connectivity index (χ1n) is 5.45. The van der Waals surface area contributed by atoms with E-state index in [2.05, 4.69) is 50.4 Å². The second kappa shape index (κ2) is 4.50. The van der Waals surface area contributed by atoms with Crippen LogP contribution in [0, 0.1) is 0 Å². The van der Waals surface area contributed by atoms with Crippen LogP contribution in [0.25, 0.3) is 0 Å². The summed E-state index contributed by atoms with van der Waals surface area (Å²) in [7, 11) is 1.99. The molecule has 0 aromatic heterocycles. The van der Waals surface area contributed by atoms with Gasteiger partial charge in [-0.3, -0.25) is 0 Å². The lowest BCUT2D eigenvalue weighted by atomic mass is 9.77. The van der Waals surface area contributed by atoms with Crippen molar-refractivity contribution in [3.63, 3.8) is 0 Å². The van der Waals surface area contributed by atoms with E-state index in [1.54, 1.807) is 0 Å². The van der Waals surface area contributed by atoms with Crippen LogP contribution in [0.3, 0.4) is 0 Å². The smallest absolute Gasteiger partial charge is 0.0375 e. The molecule has 0 atom stereocenters. The van der Waals surface area contributed by atoms with Gasteiger partial charge in [0, 0.05) is 12.7 Å². The third kappa shape index (κ3) is 1.92. The van der Waals surface area contributed by atoms with Gasteiger partial charge in [-0.15, -0.1) is 0 Å². The van der Waals surface area contributed by atoms with Gasteiger partial charge in [-0.25, -0.2) is 0 Å². The fourth-order valence-corrected chi connectivity index (χ4v) is 1.86. The second-order valence-electron chi connectivity index (χ2n) is 4.06. The van der Waals surface area contributed by atoms with E-state index in [4.69, 9.17) is 0 Å². The minimum absolute atomic E-state index is 0.305. The Morgan fingerprint density at radius 3 is 2.21 bits per heavy atom. The van der Waals surface area contributed by atoms with E-state index in [1.807, 2.05) is 7.05 Å². The molecule has 1 heteroatoms. The third-order valence-corrected chi connectivity index (χ3v) is 3.41. The topological polar surface area (TPSA) is 12.0 Å². The summed E-state index contributed by atoms with van der Waals surface area (Å²) in [5.41, 5.74) is 3.01. The lowest BCUT2D eigenvalue weighted by Gasteiger charge is -2.29. The van der Waals surface area contributed by atoms with Gasteiger partial charge in [-0.2, -0.15) is 0 Å². The standard InChI is InChI=1S/C13H21N/c1-5-13(3,6-2)11-9-7-8-10-12(11)14-4/h7-10,14H,5-6H2,1-4H3. The minimum atomic E-state index is 0.305. The van der Waals surface area contributed by atoms with Crippen LogP contribution < -0.4 is 5.32 Å². The van der Waals surface area contributed by atoms with E-state index < -0.39 is 0 Å². The zero-order chi connectivity index (χ0) is 10.6. The van der Waals surface area contributed by atoms with Crippen molar-refractivity contribution in [2.24, 2.45) is 0 Å². The Hall–Kier alpha value is -0.980. The zero-order valence-electron chi connectivity index (χ0n) is 9.72. The van der Waals surface area contributed by atoms with Crippen LogP contribution in [-0.2, 0) is 5.41 Å². The molecular formula is C13H21N. The first-order valence-corrected chi connectivity index (χ1v) is 5.45.